The van der Waals surface area contributed by atoms with Crippen LogP contribution in [0.25, 0.3) is 17.0 Å². The number of rotatable bonds is 3. The van der Waals surface area contributed by atoms with Crippen molar-refractivity contribution in [1.29, 1.82) is 0 Å². The maximum atomic E-state index is 12.5. The first-order chi connectivity index (χ1) is 13.6. The van der Waals surface area contributed by atoms with E-state index in [1.165, 1.54) is 10.9 Å². The molecular formula is C23H22ClN3O. The molecule has 0 radical (unpaired) electrons. The van der Waals surface area contributed by atoms with Crippen molar-refractivity contribution in [1.82, 2.24) is 9.88 Å². The number of carbonyl (C=O) groups excluding carboxylic acids is 1. The third-order valence-electron chi connectivity index (χ3n) is 5.09. The van der Waals surface area contributed by atoms with Crippen LogP contribution in [0.3, 0.4) is 0 Å². The Morgan fingerprint density at radius 1 is 1.04 bits per heavy atom. The van der Waals surface area contributed by atoms with Gasteiger partial charge in [-0.05, 0) is 48.4 Å². The van der Waals surface area contributed by atoms with Gasteiger partial charge in [0, 0.05) is 42.7 Å². The lowest BCUT2D eigenvalue weighted by Gasteiger charge is -2.35. The number of benzene rings is 2. The van der Waals surface area contributed by atoms with Crippen molar-refractivity contribution in [2.45, 2.75) is 6.92 Å². The van der Waals surface area contributed by atoms with E-state index < -0.39 is 0 Å². The molecule has 0 unspecified atom stereocenters. The van der Waals surface area contributed by atoms with Crippen LogP contribution in [0.4, 0.5) is 5.82 Å². The Balaban J connectivity index is 1.41. The van der Waals surface area contributed by atoms with E-state index in [1.807, 2.05) is 53.4 Å². The average Bonchev–Trinajstić information content (AvgIpc) is 2.72. The van der Waals surface area contributed by atoms with Crippen LogP contribution >= 0.6 is 11.6 Å². The van der Waals surface area contributed by atoms with Crippen molar-refractivity contribution in [2.75, 3.05) is 31.1 Å². The number of para-hydroxylation sites is 1. The molecule has 1 aliphatic rings. The molecule has 1 saturated heterocycles. The Hall–Kier alpha value is -2.85. The van der Waals surface area contributed by atoms with Crippen molar-refractivity contribution in [3.8, 4) is 0 Å². The molecule has 1 fully saturated rings. The normalized spacial score (nSPS) is 14.8. The number of fused-ring (bicyclic) bond motifs is 1. The lowest BCUT2D eigenvalue weighted by Crippen LogP contribution is -2.48. The highest BCUT2D eigenvalue weighted by Gasteiger charge is 2.21. The fourth-order valence-corrected chi connectivity index (χ4v) is 3.73. The van der Waals surface area contributed by atoms with Gasteiger partial charge in [0.2, 0.25) is 5.91 Å². The smallest absolute Gasteiger partial charge is 0.246 e. The first-order valence-corrected chi connectivity index (χ1v) is 9.82. The van der Waals surface area contributed by atoms with Crippen LogP contribution in [-0.4, -0.2) is 42.0 Å². The molecule has 0 atom stereocenters. The summed E-state index contributed by atoms with van der Waals surface area (Å²) in [5.74, 6) is 1.01. The van der Waals surface area contributed by atoms with Gasteiger partial charge in [0.25, 0.3) is 0 Å². The van der Waals surface area contributed by atoms with E-state index >= 15 is 0 Å². The van der Waals surface area contributed by atoms with E-state index in [1.54, 1.807) is 6.08 Å². The number of anilines is 1. The van der Waals surface area contributed by atoms with Gasteiger partial charge in [-0.15, -0.1) is 0 Å². The van der Waals surface area contributed by atoms with Gasteiger partial charge in [-0.1, -0.05) is 41.9 Å². The number of halogens is 1. The average molecular weight is 392 g/mol. The summed E-state index contributed by atoms with van der Waals surface area (Å²) >= 11 is 5.99. The molecule has 28 heavy (non-hydrogen) atoms. The molecule has 4 rings (SSSR count). The molecule has 1 aromatic heterocycles. The molecular weight excluding hydrogens is 370 g/mol. The van der Waals surface area contributed by atoms with Gasteiger partial charge in [-0.3, -0.25) is 4.79 Å². The summed E-state index contributed by atoms with van der Waals surface area (Å²) in [6.45, 7) is 5.05. The van der Waals surface area contributed by atoms with Gasteiger partial charge in [-0.2, -0.15) is 0 Å². The van der Waals surface area contributed by atoms with Gasteiger partial charge in [0.05, 0.1) is 5.52 Å². The van der Waals surface area contributed by atoms with Crippen molar-refractivity contribution in [3.05, 3.63) is 76.8 Å². The van der Waals surface area contributed by atoms with Crippen LogP contribution in [-0.2, 0) is 4.79 Å². The number of nitrogens with zero attached hydrogens (tertiary/aromatic N) is 3. The van der Waals surface area contributed by atoms with Crippen molar-refractivity contribution < 1.29 is 4.79 Å². The molecule has 0 saturated carbocycles. The number of carbonyl (C=O) groups is 1. The molecule has 0 bridgehead atoms. The molecule has 2 heterocycles. The largest absolute Gasteiger partial charge is 0.353 e. The highest BCUT2D eigenvalue weighted by Crippen LogP contribution is 2.23. The molecule has 0 N–H and O–H groups in total. The second-order valence-electron chi connectivity index (χ2n) is 7.02. The van der Waals surface area contributed by atoms with E-state index in [9.17, 15) is 4.79 Å². The van der Waals surface area contributed by atoms with Gasteiger partial charge >= 0.3 is 0 Å². The Bertz CT molecular complexity index is 1040. The van der Waals surface area contributed by atoms with Crippen LogP contribution in [0.2, 0.25) is 5.02 Å². The van der Waals surface area contributed by atoms with E-state index in [2.05, 4.69) is 24.0 Å². The number of amides is 1. The van der Waals surface area contributed by atoms with Crippen molar-refractivity contribution in [2.24, 2.45) is 0 Å². The Labute approximate surface area is 170 Å². The minimum atomic E-state index is 0.0299. The summed E-state index contributed by atoms with van der Waals surface area (Å²) in [5, 5.41) is 1.85. The third kappa shape index (κ3) is 4.02. The first-order valence-electron chi connectivity index (χ1n) is 9.44. The zero-order valence-corrected chi connectivity index (χ0v) is 16.6. The fraction of sp³-hybridized carbons (Fsp3) is 0.217. The molecule has 1 amide bonds. The van der Waals surface area contributed by atoms with E-state index in [4.69, 9.17) is 16.6 Å². The van der Waals surface area contributed by atoms with Crippen molar-refractivity contribution in [3.63, 3.8) is 0 Å². The molecule has 0 spiro atoms. The second-order valence-corrected chi connectivity index (χ2v) is 7.45. The molecule has 142 valence electrons. The Kier molecular flexibility index (Phi) is 5.31. The predicted octanol–water partition coefficient (Wildman–Crippen LogP) is 4.56. The number of aromatic nitrogens is 1. The Morgan fingerprint density at radius 3 is 2.61 bits per heavy atom. The second kappa shape index (κ2) is 8.03. The van der Waals surface area contributed by atoms with Gasteiger partial charge in [0.15, 0.2) is 0 Å². The lowest BCUT2D eigenvalue weighted by atomic mass is 10.1. The predicted molar refractivity (Wildman–Crippen MR) is 116 cm³/mol. The van der Waals surface area contributed by atoms with Crippen LogP contribution in [0.5, 0.6) is 0 Å². The summed E-state index contributed by atoms with van der Waals surface area (Å²) < 4.78 is 0. The quantitative estimate of drug-likeness (QED) is 0.614. The molecule has 1 aliphatic heterocycles. The van der Waals surface area contributed by atoms with Gasteiger partial charge in [-0.25, -0.2) is 4.98 Å². The highest BCUT2D eigenvalue weighted by molar-refractivity contribution is 6.30. The standard InChI is InChI=1S/C23H22ClN3O/c1-17-15-22(25-21-8-3-2-7-20(17)21)26-11-13-27(14-12-26)23(28)10-9-18-5-4-6-19(24)16-18/h2-10,15-16H,11-14H2,1H3/b10-9+. The topological polar surface area (TPSA) is 36.4 Å². The van der Waals surface area contributed by atoms with Crippen LogP contribution in [0.1, 0.15) is 11.1 Å². The summed E-state index contributed by atoms with van der Waals surface area (Å²) in [6.07, 6.45) is 3.44. The summed E-state index contributed by atoms with van der Waals surface area (Å²) in [5.41, 5.74) is 3.17. The molecule has 0 aliphatic carbocycles. The van der Waals surface area contributed by atoms with Crippen molar-refractivity contribution >= 4 is 40.3 Å². The molecule has 3 aromatic rings. The zero-order valence-electron chi connectivity index (χ0n) is 15.8. The maximum Gasteiger partial charge on any atom is 0.246 e. The van der Waals surface area contributed by atoms with Gasteiger partial charge < -0.3 is 9.80 Å². The number of hydrogen-bond acceptors (Lipinski definition) is 3. The summed E-state index contributed by atoms with van der Waals surface area (Å²) in [7, 11) is 0. The summed E-state index contributed by atoms with van der Waals surface area (Å²) in [6, 6.07) is 17.8. The van der Waals surface area contributed by atoms with E-state index in [0.717, 1.165) is 30.0 Å². The van der Waals surface area contributed by atoms with E-state index in [0.29, 0.717) is 18.1 Å². The molecule has 4 nitrogen and oxygen atoms in total. The minimum Gasteiger partial charge on any atom is -0.353 e. The first kappa shape index (κ1) is 18.5. The zero-order chi connectivity index (χ0) is 19.5. The van der Waals surface area contributed by atoms with Crippen LogP contribution in [0.15, 0.2) is 60.7 Å². The monoisotopic (exact) mass is 391 g/mol. The maximum absolute atomic E-state index is 12.5. The SMILES string of the molecule is Cc1cc(N2CCN(C(=O)/C=C/c3cccc(Cl)c3)CC2)nc2ccccc12. The number of piperazine rings is 1. The van der Waals surface area contributed by atoms with E-state index in [-0.39, 0.29) is 5.91 Å². The number of hydrogen-bond donors (Lipinski definition) is 0. The summed E-state index contributed by atoms with van der Waals surface area (Å²) in [4.78, 5) is 21.4. The van der Waals surface area contributed by atoms with Gasteiger partial charge in [0.1, 0.15) is 5.82 Å². The number of pyridine rings is 1. The minimum absolute atomic E-state index is 0.0299. The number of aryl methyl sites for hydroxylation is 1. The Morgan fingerprint density at radius 2 is 1.82 bits per heavy atom. The molecule has 2 aromatic carbocycles. The van der Waals surface area contributed by atoms with Crippen LogP contribution < -0.4 is 4.90 Å². The molecule has 5 heteroatoms. The third-order valence-corrected chi connectivity index (χ3v) is 5.33. The van der Waals surface area contributed by atoms with Crippen LogP contribution in [0, 0.1) is 6.92 Å². The lowest BCUT2D eigenvalue weighted by molar-refractivity contribution is -0.126. The fourth-order valence-electron chi connectivity index (χ4n) is 3.53. The highest BCUT2D eigenvalue weighted by atomic mass is 35.5.